The molecule has 5 nitrogen and oxygen atoms in total. The first-order valence-electron chi connectivity index (χ1n) is 9.56. The van der Waals surface area contributed by atoms with Gasteiger partial charge in [0.2, 0.25) is 5.91 Å². The molecule has 2 saturated heterocycles. The Bertz CT molecular complexity index is 582. The van der Waals surface area contributed by atoms with Crippen LogP contribution in [0.15, 0.2) is 24.3 Å². The first kappa shape index (κ1) is 18.2. The lowest BCUT2D eigenvalue weighted by Crippen LogP contribution is -2.38. The molecule has 25 heavy (non-hydrogen) atoms. The molecule has 1 aromatic rings. The topological polar surface area (TPSA) is 55.8 Å². The first-order valence-corrected chi connectivity index (χ1v) is 9.56. The van der Waals surface area contributed by atoms with Crippen molar-refractivity contribution >= 4 is 11.6 Å². The molecule has 0 aliphatic carbocycles. The van der Waals surface area contributed by atoms with Crippen LogP contribution in [0.5, 0.6) is 0 Å². The number of aliphatic hydroxyl groups excluding tert-OH is 1. The molecule has 1 atom stereocenters. The number of carbonyl (C=O) groups is 1. The van der Waals surface area contributed by atoms with E-state index in [4.69, 9.17) is 0 Å². The number of para-hydroxylation sites is 1. The van der Waals surface area contributed by atoms with Crippen LogP contribution in [-0.2, 0) is 11.3 Å². The van der Waals surface area contributed by atoms with Crippen LogP contribution in [0.3, 0.4) is 0 Å². The van der Waals surface area contributed by atoms with Gasteiger partial charge < -0.3 is 15.3 Å². The number of hydrogen-bond acceptors (Lipinski definition) is 4. The van der Waals surface area contributed by atoms with Crippen LogP contribution in [0.2, 0.25) is 0 Å². The van der Waals surface area contributed by atoms with Gasteiger partial charge in [-0.15, -0.1) is 0 Å². The van der Waals surface area contributed by atoms with E-state index < -0.39 is 0 Å². The summed E-state index contributed by atoms with van der Waals surface area (Å²) >= 11 is 0. The SMILES string of the molecule is CC(C)N1CC[C@H](Nc2ccccc2CN2CCC(CO)CC2)C1=O. The molecule has 0 saturated carbocycles. The highest BCUT2D eigenvalue weighted by atomic mass is 16.3. The van der Waals surface area contributed by atoms with Crippen LogP contribution in [-0.4, -0.2) is 59.1 Å². The minimum atomic E-state index is -0.108. The van der Waals surface area contributed by atoms with E-state index in [0.29, 0.717) is 12.5 Å². The van der Waals surface area contributed by atoms with Crippen LogP contribution in [0.1, 0.15) is 38.7 Å². The summed E-state index contributed by atoms with van der Waals surface area (Å²) in [6.07, 6.45) is 3.00. The van der Waals surface area contributed by atoms with Crippen molar-refractivity contribution in [1.29, 1.82) is 0 Å². The highest BCUT2D eigenvalue weighted by molar-refractivity contribution is 5.87. The molecule has 1 aromatic carbocycles. The molecule has 1 amide bonds. The van der Waals surface area contributed by atoms with Gasteiger partial charge in [0.05, 0.1) is 0 Å². The number of likely N-dealkylation sites (tertiary alicyclic amines) is 2. The molecular weight excluding hydrogens is 314 g/mol. The van der Waals surface area contributed by atoms with Crippen molar-refractivity contribution in [2.45, 2.75) is 51.7 Å². The number of carbonyl (C=O) groups excluding carboxylic acids is 1. The van der Waals surface area contributed by atoms with Crippen LogP contribution in [0.4, 0.5) is 5.69 Å². The second-order valence-electron chi connectivity index (χ2n) is 7.67. The Morgan fingerprint density at radius 2 is 1.88 bits per heavy atom. The molecule has 0 spiro atoms. The minimum absolute atomic E-state index is 0.108. The van der Waals surface area contributed by atoms with E-state index in [1.165, 1.54) is 5.56 Å². The monoisotopic (exact) mass is 345 g/mol. The fraction of sp³-hybridized carbons (Fsp3) is 0.650. The Hall–Kier alpha value is -1.59. The molecular formula is C20H31N3O2. The van der Waals surface area contributed by atoms with Crippen LogP contribution >= 0.6 is 0 Å². The quantitative estimate of drug-likeness (QED) is 0.831. The van der Waals surface area contributed by atoms with Gasteiger partial charge in [-0.25, -0.2) is 0 Å². The van der Waals surface area contributed by atoms with Crippen molar-refractivity contribution in [1.82, 2.24) is 9.80 Å². The van der Waals surface area contributed by atoms with E-state index in [1.54, 1.807) is 0 Å². The minimum Gasteiger partial charge on any atom is -0.396 e. The maximum absolute atomic E-state index is 12.6. The predicted molar refractivity (Wildman–Crippen MR) is 100 cm³/mol. The third-order valence-corrected chi connectivity index (χ3v) is 5.57. The lowest BCUT2D eigenvalue weighted by molar-refractivity contribution is -0.129. The number of rotatable bonds is 6. The average Bonchev–Trinajstić information content (AvgIpc) is 2.98. The normalized spacial score (nSPS) is 22.8. The molecule has 0 radical (unpaired) electrons. The lowest BCUT2D eigenvalue weighted by Gasteiger charge is -2.31. The van der Waals surface area contributed by atoms with Crippen molar-refractivity contribution in [3.05, 3.63) is 29.8 Å². The Morgan fingerprint density at radius 3 is 2.52 bits per heavy atom. The Balaban J connectivity index is 1.63. The van der Waals surface area contributed by atoms with Gasteiger partial charge in [0.1, 0.15) is 6.04 Å². The summed E-state index contributed by atoms with van der Waals surface area (Å²) in [6, 6.07) is 8.49. The Labute approximate surface area is 151 Å². The summed E-state index contributed by atoms with van der Waals surface area (Å²) in [7, 11) is 0. The lowest BCUT2D eigenvalue weighted by atomic mass is 9.97. The molecule has 2 fully saturated rings. The molecule has 2 aliphatic heterocycles. The maximum atomic E-state index is 12.6. The number of anilines is 1. The van der Waals surface area contributed by atoms with E-state index in [0.717, 1.165) is 51.1 Å². The number of benzene rings is 1. The Morgan fingerprint density at radius 1 is 1.16 bits per heavy atom. The first-order chi connectivity index (χ1) is 12.1. The highest BCUT2D eigenvalue weighted by Gasteiger charge is 2.33. The second kappa shape index (κ2) is 8.19. The summed E-state index contributed by atoms with van der Waals surface area (Å²) in [5.41, 5.74) is 2.33. The zero-order valence-corrected chi connectivity index (χ0v) is 15.4. The molecule has 5 heteroatoms. The molecule has 2 N–H and O–H groups in total. The van der Waals surface area contributed by atoms with E-state index in [1.807, 2.05) is 11.0 Å². The predicted octanol–water partition coefficient (Wildman–Crippen LogP) is 2.31. The van der Waals surface area contributed by atoms with Crippen molar-refractivity contribution in [3.63, 3.8) is 0 Å². The van der Waals surface area contributed by atoms with Crippen LogP contribution in [0, 0.1) is 5.92 Å². The second-order valence-corrected chi connectivity index (χ2v) is 7.67. The number of aliphatic hydroxyl groups is 1. The van der Waals surface area contributed by atoms with Crippen molar-refractivity contribution in [3.8, 4) is 0 Å². The summed E-state index contributed by atoms with van der Waals surface area (Å²) in [4.78, 5) is 17.0. The van der Waals surface area contributed by atoms with E-state index >= 15 is 0 Å². The van der Waals surface area contributed by atoms with Gasteiger partial charge in [0, 0.05) is 31.4 Å². The van der Waals surface area contributed by atoms with Crippen LogP contribution in [0.25, 0.3) is 0 Å². The summed E-state index contributed by atoms with van der Waals surface area (Å²) in [6.45, 7) is 8.25. The standard InChI is InChI=1S/C20H31N3O2/c1-15(2)23-12-9-19(20(23)25)21-18-6-4-3-5-17(18)13-22-10-7-16(14-24)8-11-22/h3-6,15-16,19,21,24H,7-14H2,1-2H3/t19-/m0/s1. The molecule has 138 valence electrons. The fourth-order valence-corrected chi connectivity index (χ4v) is 3.90. The summed E-state index contributed by atoms with van der Waals surface area (Å²) < 4.78 is 0. The van der Waals surface area contributed by atoms with Gasteiger partial charge in [0.25, 0.3) is 0 Å². The molecule has 2 aliphatic rings. The molecule has 0 aromatic heterocycles. The zero-order valence-electron chi connectivity index (χ0n) is 15.4. The highest BCUT2D eigenvalue weighted by Crippen LogP contribution is 2.25. The molecule has 2 heterocycles. The van der Waals surface area contributed by atoms with E-state index in [-0.39, 0.29) is 18.0 Å². The van der Waals surface area contributed by atoms with Gasteiger partial charge in [-0.05, 0) is 63.7 Å². The number of nitrogens with zero attached hydrogens (tertiary/aromatic N) is 2. The number of nitrogens with one attached hydrogen (secondary N) is 1. The van der Waals surface area contributed by atoms with Crippen molar-refractivity contribution in [2.75, 3.05) is 31.6 Å². The molecule has 0 unspecified atom stereocenters. The average molecular weight is 345 g/mol. The fourth-order valence-electron chi connectivity index (χ4n) is 3.90. The van der Waals surface area contributed by atoms with E-state index in [2.05, 4.69) is 42.3 Å². The van der Waals surface area contributed by atoms with Gasteiger partial charge in [-0.2, -0.15) is 0 Å². The third-order valence-electron chi connectivity index (χ3n) is 5.57. The van der Waals surface area contributed by atoms with Gasteiger partial charge in [-0.3, -0.25) is 9.69 Å². The van der Waals surface area contributed by atoms with Gasteiger partial charge >= 0.3 is 0 Å². The number of hydrogen-bond donors (Lipinski definition) is 2. The third kappa shape index (κ3) is 4.33. The smallest absolute Gasteiger partial charge is 0.245 e. The largest absolute Gasteiger partial charge is 0.396 e. The van der Waals surface area contributed by atoms with Gasteiger partial charge in [-0.1, -0.05) is 18.2 Å². The number of amides is 1. The van der Waals surface area contributed by atoms with Crippen LogP contribution < -0.4 is 5.32 Å². The van der Waals surface area contributed by atoms with Gasteiger partial charge in [0.15, 0.2) is 0 Å². The zero-order chi connectivity index (χ0) is 17.8. The molecule has 0 bridgehead atoms. The van der Waals surface area contributed by atoms with E-state index in [9.17, 15) is 9.90 Å². The maximum Gasteiger partial charge on any atom is 0.245 e. The molecule has 3 rings (SSSR count). The van der Waals surface area contributed by atoms with Crippen molar-refractivity contribution < 1.29 is 9.90 Å². The van der Waals surface area contributed by atoms with Crippen molar-refractivity contribution in [2.24, 2.45) is 5.92 Å². The summed E-state index contributed by atoms with van der Waals surface area (Å²) in [5.74, 6) is 0.677. The Kier molecular flexibility index (Phi) is 5.97. The number of piperidine rings is 1. The summed E-state index contributed by atoms with van der Waals surface area (Å²) in [5, 5.41) is 12.8.